The van der Waals surface area contributed by atoms with Crippen molar-refractivity contribution in [1.29, 1.82) is 0 Å². The van der Waals surface area contributed by atoms with Crippen molar-refractivity contribution in [2.45, 2.75) is 53.4 Å². The minimum Gasteiger partial charge on any atom is -0.512 e. The van der Waals surface area contributed by atoms with Gasteiger partial charge in [0.2, 0.25) is 0 Å². The number of aliphatic hydroxyl groups excluding tert-OH is 1. The van der Waals surface area contributed by atoms with Gasteiger partial charge in [-0.2, -0.15) is 0 Å². The molecule has 0 aliphatic rings. The quantitative estimate of drug-likeness (QED) is 0.0891. The van der Waals surface area contributed by atoms with E-state index in [4.69, 9.17) is 10.1 Å². The van der Waals surface area contributed by atoms with Gasteiger partial charge in [0.05, 0.1) is 5.76 Å². The van der Waals surface area contributed by atoms with Crippen molar-refractivity contribution in [3.8, 4) is 11.3 Å². The summed E-state index contributed by atoms with van der Waals surface area (Å²) in [4.78, 5) is 14.8. The zero-order chi connectivity index (χ0) is 26.7. The second kappa shape index (κ2) is 12.5. The Balaban J connectivity index is 0.000000444. The van der Waals surface area contributed by atoms with Gasteiger partial charge in [-0.15, -0.1) is 29.1 Å². The Bertz CT molecular complexity index is 1630. The molecule has 0 spiro atoms. The van der Waals surface area contributed by atoms with Crippen LogP contribution >= 0.6 is 0 Å². The van der Waals surface area contributed by atoms with Crippen molar-refractivity contribution < 1.29 is 30.0 Å². The minimum absolute atomic E-state index is 0. The third kappa shape index (κ3) is 6.38. The van der Waals surface area contributed by atoms with Crippen LogP contribution in [0.1, 0.15) is 64.5 Å². The molecule has 0 fully saturated rings. The van der Waals surface area contributed by atoms with Crippen molar-refractivity contribution in [2.24, 2.45) is 0 Å². The fourth-order valence-corrected chi connectivity index (χ4v) is 4.73. The van der Waals surface area contributed by atoms with Crippen LogP contribution in [0, 0.1) is 6.07 Å². The molecule has 0 saturated carbocycles. The Morgan fingerprint density at radius 1 is 0.868 bits per heavy atom. The molecular weight excluding hydrogens is 647 g/mol. The smallest absolute Gasteiger partial charge is 0.155 e. The third-order valence-corrected chi connectivity index (χ3v) is 6.53. The predicted molar refractivity (Wildman–Crippen MR) is 156 cm³/mol. The number of rotatable bonds is 4. The number of pyridine rings is 1. The Hall–Kier alpha value is -3.33. The zero-order valence-electron chi connectivity index (χ0n) is 22.8. The molecule has 0 aliphatic carbocycles. The second-order valence-corrected chi connectivity index (χ2v) is 10.2. The largest absolute Gasteiger partial charge is 0.512 e. The molecule has 5 aromatic rings. The molecule has 1 radical (unpaired) electrons. The molecule has 4 heteroatoms. The molecule has 0 unspecified atom stereocenters. The number of carbonyl (C=O) groups is 1. The van der Waals surface area contributed by atoms with Crippen LogP contribution < -0.4 is 0 Å². The summed E-state index contributed by atoms with van der Waals surface area (Å²) in [6, 6.07) is 27.9. The van der Waals surface area contributed by atoms with Crippen molar-refractivity contribution >= 4 is 38.1 Å². The maximum Gasteiger partial charge on any atom is 0.155 e. The SMILES string of the molecule is CC(=O)/C=C(/C)O.CC(C)c1ccc2ccnc(-c3[c-]c4ccc5ccccc5c4c(C(C)C)c3)c2c1.[Ir]. The molecule has 0 bridgehead atoms. The Morgan fingerprint density at radius 2 is 1.55 bits per heavy atom. The van der Waals surface area contributed by atoms with E-state index in [0.29, 0.717) is 11.8 Å². The van der Waals surface area contributed by atoms with Crippen LogP contribution in [0.25, 0.3) is 43.6 Å². The summed E-state index contributed by atoms with van der Waals surface area (Å²) >= 11 is 0. The number of fused-ring (bicyclic) bond motifs is 4. The molecule has 1 N–H and O–H groups in total. The Labute approximate surface area is 239 Å². The Kier molecular flexibility index (Phi) is 9.60. The van der Waals surface area contributed by atoms with E-state index in [2.05, 4.69) is 100 Å². The van der Waals surface area contributed by atoms with Gasteiger partial charge in [0.25, 0.3) is 0 Å². The zero-order valence-corrected chi connectivity index (χ0v) is 25.2. The molecule has 5 rings (SSSR count). The van der Waals surface area contributed by atoms with Gasteiger partial charge >= 0.3 is 0 Å². The normalized spacial score (nSPS) is 11.5. The molecule has 1 aromatic heterocycles. The van der Waals surface area contributed by atoms with Crippen LogP contribution in [-0.2, 0) is 24.9 Å². The molecule has 0 amide bonds. The van der Waals surface area contributed by atoms with E-state index in [9.17, 15) is 4.79 Å². The van der Waals surface area contributed by atoms with Crippen LogP contribution in [-0.4, -0.2) is 15.9 Å². The molecule has 3 nitrogen and oxygen atoms in total. The number of nitrogens with zero attached hydrogens (tertiary/aromatic N) is 1. The van der Waals surface area contributed by atoms with Crippen LogP contribution in [0.3, 0.4) is 0 Å². The first-order valence-electron chi connectivity index (χ1n) is 12.8. The van der Waals surface area contributed by atoms with Crippen LogP contribution in [0.4, 0.5) is 0 Å². The van der Waals surface area contributed by atoms with E-state index in [1.54, 1.807) is 0 Å². The summed E-state index contributed by atoms with van der Waals surface area (Å²) in [5.74, 6) is 0.834. The average Bonchev–Trinajstić information content (AvgIpc) is 2.86. The standard InChI is InChI=1S/C29H26N.C5H8O2.Ir/c1-18(2)22-11-9-21-13-14-30-29(27(21)16-22)24-15-23-12-10-20-7-5-6-8-25(20)28(23)26(17-24)19(3)4;1-4(6)3-5(2)7;/h5-14,16-19H,1-4H3;3,6H,1-2H3;/q-1;;/b;4-3-;. The maximum atomic E-state index is 10.0. The second-order valence-electron chi connectivity index (χ2n) is 10.2. The molecule has 0 aliphatic heterocycles. The van der Waals surface area contributed by atoms with E-state index in [1.165, 1.54) is 58.0 Å². The van der Waals surface area contributed by atoms with Gasteiger partial charge in [0.1, 0.15) is 0 Å². The number of hydrogen-bond acceptors (Lipinski definition) is 3. The molecule has 4 aromatic carbocycles. The molecule has 1 heterocycles. The summed E-state index contributed by atoms with van der Waals surface area (Å²) in [7, 11) is 0. The first-order chi connectivity index (χ1) is 17.7. The first kappa shape index (κ1) is 29.2. The topological polar surface area (TPSA) is 50.2 Å². The monoisotopic (exact) mass is 681 g/mol. The number of benzene rings is 4. The molecular formula is C34H34IrNO2-. The van der Waals surface area contributed by atoms with E-state index < -0.39 is 0 Å². The van der Waals surface area contributed by atoms with Crippen LogP contribution in [0.5, 0.6) is 0 Å². The van der Waals surface area contributed by atoms with Crippen molar-refractivity contribution in [2.75, 3.05) is 0 Å². The first-order valence-corrected chi connectivity index (χ1v) is 12.8. The minimum atomic E-state index is -0.125. The number of allylic oxidation sites excluding steroid dienone is 2. The van der Waals surface area contributed by atoms with Crippen LogP contribution in [0.15, 0.2) is 84.8 Å². The van der Waals surface area contributed by atoms with Crippen molar-refractivity contribution in [1.82, 2.24) is 4.98 Å². The van der Waals surface area contributed by atoms with Gasteiger partial charge in [-0.05, 0) is 58.9 Å². The fraction of sp³-hybridized carbons (Fsp3) is 0.235. The van der Waals surface area contributed by atoms with Gasteiger partial charge < -0.3 is 5.11 Å². The van der Waals surface area contributed by atoms with Gasteiger partial charge in [-0.1, -0.05) is 87.2 Å². The summed E-state index contributed by atoms with van der Waals surface area (Å²) in [5.41, 5.74) is 4.79. The number of aliphatic hydroxyl groups is 1. The maximum absolute atomic E-state index is 10.0. The number of carbonyl (C=O) groups excluding carboxylic acids is 1. The number of aromatic nitrogens is 1. The summed E-state index contributed by atoms with van der Waals surface area (Å²) < 4.78 is 0. The number of hydrogen-bond donors (Lipinski definition) is 1. The van der Waals surface area contributed by atoms with Crippen molar-refractivity contribution in [3.63, 3.8) is 0 Å². The summed E-state index contributed by atoms with van der Waals surface area (Å²) in [5, 5.41) is 15.8. The van der Waals surface area contributed by atoms with Gasteiger partial charge in [-0.25, -0.2) is 0 Å². The fourth-order valence-electron chi connectivity index (χ4n) is 4.73. The number of ketones is 1. The average molecular weight is 681 g/mol. The molecule has 0 saturated heterocycles. The van der Waals surface area contributed by atoms with Gasteiger partial charge in [-0.3, -0.25) is 9.78 Å². The summed E-state index contributed by atoms with van der Waals surface area (Å²) in [6.07, 6.45) is 3.08. The van der Waals surface area contributed by atoms with E-state index in [1.807, 2.05) is 6.20 Å². The van der Waals surface area contributed by atoms with Crippen molar-refractivity contribution in [3.05, 3.63) is 102 Å². The van der Waals surface area contributed by atoms with E-state index >= 15 is 0 Å². The van der Waals surface area contributed by atoms with Crippen LogP contribution in [0.2, 0.25) is 0 Å². The molecule has 0 atom stereocenters. The van der Waals surface area contributed by atoms with E-state index in [0.717, 1.165) is 16.6 Å². The van der Waals surface area contributed by atoms with Gasteiger partial charge in [0.15, 0.2) is 5.78 Å². The molecule has 38 heavy (non-hydrogen) atoms. The predicted octanol–water partition coefficient (Wildman–Crippen LogP) is 9.29. The summed E-state index contributed by atoms with van der Waals surface area (Å²) in [6.45, 7) is 11.9. The third-order valence-electron chi connectivity index (χ3n) is 6.53. The molecule has 197 valence electrons. The van der Waals surface area contributed by atoms with Gasteiger partial charge in [0, 0.05) is 38.1 Å². The Morgan fingerprint density at radius 3 is 2.18 bits per heavy atom. The van der Waals surface area contributed by atoms with E-state index in [-0.39, 0.29) is 31.6 Å².